The monoisotopic (exact) mass is 144 g/mol. The van der Waals surface area contributed by atoms with Gasteiger partial charge in [0.15, 0.2) is 0 Å². The van der Waals surface area contributed by atoms with E-state index in [-0.39, 0.29) is 5.78 Å². The average molecular weight is 144 g/mol. The van der Waals surface area contributed by atoms with Crippen molar-refractivity contribution in [3.63, 3.8) is 0 Å². The second kappa shape index (κ2) is 4.00. The summed E-state index contributed by atoms with van der Waals surface area (Å²) in [4.78, 5) is 21.5. The molecule has 0 aromatic rings. The highest BCUT2D eigenvalue weighted by Crippen LogP contribution is 1.98. The molecular formula is C6H12N2O2. The summed E-state index contributed by atoms with van der Waals surface area (Å²) in [6, 6.07) is 0. The van der Waals surface area contributed by atoms with E-state index in [0.29, 0.717) is 6.42 Å². The van der Waals surface area contributed by atoms with Crippen LogP contribution in [0.5, 0.6) is 0 Å². The van der Waals surface area contributed by atoms with Crippen LogP contribution in [0, 0.1) is 5.92 Å². The summed E-state index contributed by atoms with van der Waals surface area (Å²) in [6.45, 7) is 3.25. The van der Waals surface area contributed by atoms with E-state index in [1.165, 1.54) is 6.92 Å². The van der Waals surface area contributed by atoms with Crippen LogP contribution in [-0.4, -0.2) is 11.7 Å². The van der Waals surface area contributed by atoms with Gasteiger partial charge in [0.25, 0.3) is 0 Å². The summed E-state index contributed by atoms with van der Waals surface area (Å²) in [5.41, 5.74) is 1.92. The molecular weight excluding hydrogens is 132 g/mol. The largest absolute Gasteiger partial charge is 0.299 e. The van der Waals surface area contributed by atoms with Crippen LogP contribution in [0.4, 0.5) is 0 Å². The van der Waals surface area contributed by atoms with Gasteiger partial charge in [0.05, 0.1) is 5.92 Å². The van der Waals surface area contributed by atoms with E-state index in [9.17, 15) is 9.59 Å². The van der Waals surface area contributed by atoms with Crippen LogP contribution in [0.25, 0.3) is 0 Å². The molecule has 0 spiro atoms. The molecule has 4 heteroatoms. The quantitative estimate of drug-likeness (QED) is 0.245. The molecule has 0 bridgehead atoms. The van der Waals surface area contributed by atoms with E-state index >= 15 is 0 Å². The zero-order valence-electron chi connectivity index (χ0n) is 6.18. The van der Waals surface area contributed by atoms with Crippen molar-refractivity contribution in [2.75, 3.05) is 0 Å². The molecule has 0 aromatic heterocycles. The first-order chi connectivity index (χ1) is 4.63. The molecule has 58 valence electrons. The van der Waals surface area contributed by atoms with E-state index in [1.807, 2.05) is 5.43 Å². The summed E-state index contributed by atoms with van der Waals surface area (Å²) < 4.78 is 0. The Bertz CT molecular complexity index is 129. The van der Waals surface area contributed by atoms with Gasteiger partial charge in [0.2, 0.25) is 5.91 Å². The first-order valence-corrected chi connectivity index (χ1v) is 3.16. The Morgan fingerprint density at radius 1 is 1.60 bits per heavy atom. The molecule has 0 rings (SSSR count). The van der Waals surface area contributed by atoms with Crippen molar-refractivity contribution in [3.8, 4) is 0 Å². The highest BCUT2D eigenvalue weighted by molar-refractivity contribution is 6.00. The number of hydrogen-bond donors (Lipinski definition) is 2. The highest BCUT2D eigenvalue weighted by atomic mass is 16.2. The van der Waals surface area contributed by atoms with Crippen LogP contribution in [0.15, 0.2) is 0 Å². The Morgan fingerprint density at radius 3 is 2.40 bits per heavy atom. The molecule has 0 heterocycles. The number of ketones is 1. The number of hydrogen-bond acceptors (Lipinski definition) is 3. The van der Waals surface area contributed by atoms with Gasteiger partial charge in [-0.05, 0) is 6.92 Å². The van der Waals surface area contributed by atoms with Crippen LogP contribution >= 0.6 is 0 Å². The van der Waals surface area contributed by atoms with Crippen molar-refractivity contribution in [3.05, 3.63) is 0 Å². The van der Waals surface area contributed by atoms with Crippen LogP contribution < -0.4 is 11.3 Å². The van der Waals surface area contributed by atoms with Crippen LogP contribution in [-0.2, 0) is 9.59 Å². The minimum absolute atomic E-state index is 0.0945. The van der Waals surface area contributed by atoms with Crippen molar-refractivity contribution < 1.29 is 9.59 Å². The van der Waals surface area contributed by atoms with E-state index in [4.69, 9.17) is 5.84 Å². The second-order valence-electron chi connectivity index (χ2n) is 2.05. The zero-order chi connectivity index (χ0) is 8.15. The molecule has 0 saturated carbocycles. The fourth-order valence-electron chi connectivity index (χ4n) is 0.577. The minimum atomic E-state index is -0.616. The van der Waals surface area contributed by atoms with Crippen LogP contribution in [0.2, 0.25) is 0 Å². The zero-order valence-corrected chi connectivity index (χ0v) is 6.18. The summed E-state index contributed by atoms with van der Waals surface area (Å²) in [6.07, 6.45) is 0.370. The van der Waals surface area contributed by atoms with Crippen molar-refractivity contribution >= 4 is 11.7 Å². The van der Waals surface area contributed by atoms with Gasteiger partial charge in [-0.15, -0.1) is 0 Å². The van der Waals surface area contributed by atoms with E-state index in [0.717, 1.165) is 0 Å². The lowest BCUT2D eigenvalue weighted by Gasteiger charge is -2.05. The fraction of sp³-hybridized carbons (Fsp3) is 0.667. The fourth-order valence-corrected chi connectivity index (χ4v) is 0.577. The second-order valence-corrected chi connectivity index (χ2v) is 2.05. The summed E-state index contributed by atoms with van der Waals surface area (Å²) in [7, 11) is 0. The molecule has 0 radical (unpaired) electrons. The number of carbonyl (C=O) groups is 2. The predicted octanol–water partition coefficient (Wildman–Crippen LogP) is -0.409. The topological polar surface area (TPSA) is 72.2 Å². The number of amides is 1. The van der Waals surface area contributed by atoms with Gasteiger partial charge >= 0.3 is 0 Å². The maximum atomic E-state index is 10.8. The lowest BCUT2D eigenvalue weighted by molar-refractivity contribution is -0.133. The third-order valence-electron chi connectivity index (χ3n) is 1.37. The highest BCUT2D eigenvalue weighted by Gasteiger charge is 2.17. The predicted molar refractivity (Wildman–Crippen MR) is 36.8 cm³/mol. The van der Waals surface area contributed by atoms with Gasteiger partial charge in [-0.2, -0.15) is 0 Å². The Hall–Kier alpha value is -0.900. The lowest BCUT2D eigenvalue weighted by Crippen LogP contribution is -2.37. The standard InChI is InChI=1S/C6H12N2O2/c1-3-5(9)4(2)6(10)8-7/h4H,3,7H2,1-2H3,(H,8,10). The maximum absolute atomic E-state index is 10.8. The molecule has 0 fully saturated rings. The molecule has 1 unspecified atom stereocenters. The third kappa shape index (κ3) is 2.14. The summed E-state index contributed by atoms with van der Waals surface area (Å²) >= 11 is 0. The van der Waals surface area contributed by atoms with Crippen LogP contribution in [0.1, 0.15) is 20.3 Å². The maximum Gasteiger partial charge on any atom is 0.244 e. The van der Waals surface area contributed by atoms with E-state index in [1.54, 1.807) is 6.92 Å². The molecule has 0 saturated heterocycles. The van der Waals surface area contributed by atoms with Gasteiger partial charge in [0.1, 0.15) is 5.78 Å². The number of carbonyl (C=O) groups excluding carboxylic acids is 2. The summed E-state index contributed by atoms with van der Waals surface area (Å²) in [5, 5.41) is 0. The van der Waals surface area contributed by atoms with Gasteiger partial charge in [-0.3, -0.25) is 15.0 Å². The van der Waals surface area contributed by atoms with Gasteiger partial charge in [-0.1, -0.05) is 6.92 Å². The van der Waals surface area contributed by atoms with Crippen molar-refractivity contribution in [1.82, 2.24) is 5.43 Å². The normalized spacial score (nSPS) is 12.3. The molecule has 10 heavy (non-hydrogen) atoms. The van der Waals surface area contributed by atoms with Crippen LogP contribution in [0.3, 0.4) is 0 Å². The molecule has 0 aliphatic heterocycles. The van der Waals surface area contributed by atoms with Crippen molar-refractivity contribution in [1.29, 1.82) is 0 Å². The average Bonchev–Trinajstić information content (AvgIpc) is 2.00. The number of nitrogens with one attached hydrogen (secondary N) is 1. The van der Waals surface area contributed by atoms with Gasteiger partial charge < -0.3 is 0 Å². The molecule has 1 atom stereocenters. The third-order valence-corrected chi connectivity index (χ3v) is 1.37. The molecule has 0 aliphatic carbocycles. The number of nitrogens with two attached hydrogens (primary N) is 1. The Morgan fingerprint density at radius 2 is 2.10 bits per heavy atom. The van der Waals surface area contributed by atoms with E-state index in [2.05, 4.69) is 0 Å². The van der Waals surface area contributed by atoms with E-state index < -0.39 is 11.8 Å². The Kier molecular flexibility index (Phi) is 3.64. The smallest absolute Gasteiger partial charge is 0.244 e. The number of hydrazine groups is 1. The Balaban J connectivity index is 3.94. The first-order valence-electron chi connectivity index (χ1n) is 3.16. The number of rotatable bonds is 3. The van der Waals surface area contributed by atoms with Crippen molar-refractivity contribution in [2.45, 2.75) is 20.3 Å². The number of Topliss-reactive ketones (excluding diaryl/α,β-unsaturated/α-hetero) is 1. The first kappa shape index (κ1) is 9.10. The van der Waals surface area contributed by atoms with Gasteiger partial charge in [-0.25, -0.2) is 5.84 Å². The van der Waals surface area contributed by atoms with Gasteiger partial charge in [0, 0.05) is 6.42 Å². The lowest BCUT2D eigenvalue weighted by atomic mass is 10.0. The molecule has 0 aromatic carbocycles. The SMILES string of the molecule is CCC(=O)C(C)C(=O)NN. The van der Waals surface area contributed by atoms with Crippen molar-refractivity contribution in [2.24, 2.45) is 11.8 Å². The molecule has 4 nitrogen and oxygen atoms in total. The molecule has 0 aliphatic rings. The summed E-state index contributed by atoms with van der Waals surface area (Å²) in [5.74, 6) is 3.68. The Labute approximate surface area is 59.7 Å². The molecule has 3 N–H and O–H groups in total. The molecule has 1 amide bonds. The minimum Gasteiger partial charge on any atom is -0.299 e.